The van der Waals surface area contributed by atoms with Crippen molar-refractivity contribution >= 4 is 23.2 Å². The molecule has 1 N–H and O–H groups in total. The number of nitrogens with zero attached hydrogens (tertiary/aromatic N) is 1. The number of anilines is 2. The van der Waals surface area contributed by atoms with Gasteiger partial charge in [0, 0.05) is 30.3 Å². The van der Waals surface area contributed by atoms with Crippen LogP contribution in [0.5, 0.6) is 0 Å². The lowest BCUT2D eigenvalue weighted by atomic mass is 9.80. The van der Waals surface area contributed by atoms with Gasteiger partial charge in [-0.15, -0.1) is 0 Å². The third-order valence-electron chi connectivity index (χ3n) is 5.65. The first-order valence-electron chi connectivity index (χ1n) is 9.67. The van der Waals surface area contributed by atoms with E-state index in [2.05, 4.69) is 5.32 Å². The molecule has 0 atom stereocenters. The molecule has 2 aromatic carbocycles. The summed E-state index contributed by atoms with van der Waals surface area (Å²) in [6, 6.07) is 15.7. The monoisotopic (exact) mass is 364 g/mol. The Labute approximate surface area is 161 Å². The summed E-state index contributed by atoms with van der Waals surface area (Å²) < 4.78 is 0. The molecule has 1 fully saturated rings. The molecular formula is C23H28N2O2. The highest BCUT2D eigenvalue weighted by Crippen LogP contribution is 2.32. The van der Waals surface area contributed by atoms with Crippen LogP contribution in [-0.4, -0.2) is 18.9 Å². The van der Waals surface area contributed by atoms with Crippen LogP contribution >= 0.6 is 0 Å². The minimum Gasteiger partial charge on any atom is -0.325 e. The maximum Gasteiger partial charge on any atom is 0.229 e. The van der Waals surface area contributed by atoms with Gasteiger partial charge < -0.3 is 10.2 Å². The topological polar surface area (TPSA) is 49.4 Å². The summed E-state index contributed by atoms with van der Waals surface area (Å²) in [5.74, 6) is 0.207. The lowest BCUT2D eigenvalue weighted by Crippen LogP contribution is -2.36. The van der Waals surface area contributed by atoms with E-state index in [4.69, 9.17) is 0 Å². The van der Waals surface area contributed by atoms with Crippen molar-refractivity contribution in [3.05, 3.63) is 59.7 Å². The van der Waals surface area contributed by atoms with Gasteiger partial charge in [0.2, 0.25) is 11.8 Å². The second-order valence-electron chi connectivity index (χ2n) is 7.54. The van der Waals surface area contributed by atoms with Gasteiger partial charge in [-0.1, -0.05) is 36.4 Å². The van der Waals surface area contributed by atoms with Crippen LogP contribution in [0.1, 0.15) is 36.8 Å². The second-order valence-corrected chi connectivity index (χ2v) is 7.54. The van der Waals surface area contributed by atoms with Gasteiger partial charge in [-0.3, -0.25) is 9.59 Å². The van der Waals surface area contributed by atoms with Crippen LogP contribution in [0, 0.1) is 25.7 Å². The van der Waals surface area contributed by atoms with E-state index in [9.17, 15) is 9.59 Å². The zero-order chi connectivity index (χ0) is 19.4. The summed E-state index contributed by atoms with van der Waals surface area (Å²) in [6.07, 6.45) is 3.05. The fraction of sp³-hybridized carbons (Fsp3) is 0.391. The van der Waals surface area contributed by atoms with Crippen molar-refractivity contribution in [2.45, 2.75) is 39.5 Å². The van der Waals surface area contributed by atoms with E-state index in [1.807, 2.05) is 69.4 Å². The summed E-state index contributed by atoms with van der Waals surface area (Å²) in [5, 5.41) is 3.11. The Morgan fingerprint density at radius 1 is 0.852 bits per heavy atom. The van der Waals surface area contributed by atoms with Crippen molar-refractivity contribution < 1.29 is 9.59 Å². The number of carbonyl (C=O) groups excluding carboxylic acids is 2. The van der Waals surface area contributed by atoms with Crippen molar-refractivity contribution in [3.8, 4) is 0 Å². The first-order valence-corrected chi connectivity index (χ1v) is 9.67. The Morgan fingerprint density at radius 3 is 2.00 bits per heavy atom. The molecule has 0 aliphatic heterocycles. The van der Waals surface area contributed by atoms with Crippen molar-refractivity contribution in [2.75, 3.05) is 17.3 Å². The number of nitrogens with one attached hydrogen (secondary N) is 1. The molecule has 0 spiro atoms. The second kappa shape index (κ2) is 8.38. The Hall–Kier alpha value is -2.62. The highest BCUT2D eigenvalue weighted by Gasteiger charge is 2.31. The van der Waals surface area contributed by atoms with E-state index < -0.39 is 0 Å². The zero-order valence-corrected chi connectivity index (χ0v) is 16.4. The van der Waals surface area contributed by atoms with E-state index in [1.165, 1.54) is 0 Å². The molecule has 0 saturated heterocycles. The SMILES string of the molecule is Cc1cccc(C)c1NC(=O)C1CCC(C(=O)N(C)c2ccccc2)CC1. The minimum absolute atomic E-state index is 0.000506. The standard InChI is InChI=1S/C23H28N2O2/c1-16-8-7-9-17(2)21(16)24-22(26)18-12-14-19(15-13-18)23(27)25(3)20-10-5-4-6-11-20/h4-11,18-19H,12-15H2,1-3H3,(H,24,26). The van der Waals surface area contributed by atoms with Crippen molar-refractivity contribution in [3.63, 3.8) is 0 Å². The van der Waals surface area contributed by atoms with Gasteiger partial charge in [-0.05, 0) is 62.8 Å². The number of rotatable bonds is 4. The zero-order valence-electron chi connectivity index (χ0n) is 16.4. The van der Waals surface area contributed by atoms with E-state index in [1.54, 1.807) is 4.90 Å². The van der Waals surface area contributed by atoms with E-state index in [0.29, 0.717) is 0 Å². The highest BCUT2D eigenvalue weighted by molar-refractivity contribution is 5.96. The summed E-state index contributed by atoms with van der Waals surface area (Å²) >= 11 is 0. The summed E-state index contributed by atoms with van der Waals surface area (Å²) in [6.45, 7) is 4.02. The van der Waals surface area contributed by atoms with Crippen molar-refractivity contribution in [1.29, 1.82) is 0 Å². The quantitative estimate of drug-likeness (QED) is 0.854. The number of hydrogen-bond acceptors (Lipinski definition) is 2. The van der Waals surface area contributed by atoms with Gasteiger partial charge >= 0.3 is 0 Å². The Bertz CT molecular complexity index is 788. The van der Waals surface area contributed by atoms with Crippen LogP contribution in [0.2, 0.25) is 0 Å². The lowest BCUT2D eigenvalue weighted by Gasteiger charge is -2.30. The number of para-hydroxylation sites is 2. The van der Waals surface area contributed by atoms with Gasteiger partial charge in [0.25, 0.3) is 0 Å². The molecule has 0 unspecified atom stereocenters. The first kappa shape index (κ1) is 19.2. The van der Waals surface area contributed by atoms with Gasteiger partial charge in [-0.2, -0.15) is 0 Å². The summed E-state index contributed by atoms with van der Waals surface area (Å²) in [4.78, 5) is 27.2. The molecule has 0 aromatic heterocycles. The Kier molecular flexibility index (Phi) is 5.94. The molecule has 2 aromatic rings. The molecule has 0 radical (unpaired) electrons. The number of hydrogen-bond donors (Lipinski definition) is 1. The fourth-order valence-electron chi connectivity index (χ4n) is 3.89. The number of amides is 2. The van der Waals surface area contributed by atoms with E-state index in [0.717, 1.165) is 48.2 Å². The van der Waals surface area contributed by atoms with Gasteiger partial charge in [0.1, 0.15) is 0 Å². The molecule has 0 heterocycles. The molecule has 4 nitrogen and oxygen atoms in total. The molecule has 1 aliphatic carbocycles. The Morgan fingerprint density at radius 2 is 1.41 bits per heavy atom. The molecule has 2 amide bonds. The minimum atomic E-state index is -0.0184. The van der Waals surface area contributed by atoms with Crippen LogP contribution in [0.4, 0.5) is 11.4 Å². The highest BCUT2D eigenvalue weighted by atomic mass is 16.2. The predicted molar refractivity (Wildman–Crippen MR) is 110 cm³/mol. The largest absolute Gasteiger partial charge is 0.325 e. The first-order chi connectivity index (χ1) is 13.0. The van der Waals surface area contributed by atoms with Gasteiger partial charge in [0.15, 0.2) is 0 Å². The Balaban J connectivity index is 1.57. The molecule has 27 heavy (non-hydrogen) atoms. The molecule has 3 rings (SSSR count). The molecule has 4 heteroatoms. The normalized spacial score (nSPS) is 19.4. The molecule has 1 aliphatic rings. The van der Waals surface area contributed by atoms with Crippen LogP contribution in [0.3, 0.4) is 0 Å². The third kappa shape index (κ3) is 4.38. The van der Waals surface area contributed by atoms with E-state index in [-0.39, 0.29) is 23.7 Å². The maximum atomic E-state index is 12.8. The third-order valence-corrected chi connectivity index (χ3v) is 5.65. The lowest BCUT2D eigenvalue weighted by molar-refractivity contribution is -0.126. The van der Waals surface area contributed by atoms with Crippen LogP contribution in [-0.2, 0) is 9.59 Å². The number of carbonyl (C=O) groups is 2. The fourth-order valence-corrected chi connectivity index (χ4v) is 3.89. The van der Waals surface area contributed by atoms with Gasteiger partial charge in [-0.25, -0.2) is 0 Å². The molecule has 142 valence electrons. The van der Waals surface area contributed by atoms with Gasteiger partial charge in [0.05, 0.1) is 0 Å². The maximum absolute atomic E-state index is 12.8. The van der Waals surface area contributed by atoms with Crippen molar-refractivity contribution in [1.82, 2.24) is 0 Å². The van der Waals surface area contributed by atoms with Crippen molar-refractivity contribution in [2.24, 2.45) is 11.8 Å². The van der Waals surface area contributed by atoms with Crippen LogP contribution < -0.4 is 10.2 Å². The summed E-state index contributed by atoms with van der Waals surface area (Å²) in [5.41, 5.74) is 4.00. The molecular weight excluding hydrogens is 336 g/mol. The summed E-state index contributed by atoms with van der Waals surface area (Å²) in [7, 11) is 1.83. The average Bonchev–Trinajstić information content (AvgIpc) is 2.70. The van der Waals surface area contributed by atoms with Crippen LogP contribution in [0.25, 0.3) is 0 Å². The molecule has 0 bridgehead atoms. The predicted octanol–water partition coefficient (Wildman–Crippen LogP) is 4.71. The smallest absolute Gasteiger partial charge is 0.229 e. The molecule has 1 saturated carbocycles. The number of aryl methyl sites for hydroxylation is 2. The average molecular weight is 364 g/mol. The van der Waals surface area contributed by atoms with E-state index >= 15 is 0 Å². The van der Waals surface area contributed by atoms with Crippen LogP contribution in [0.15, 0.2) is 48.5 Å². The number of benzene rings is 2.